The zero-order valence-electron chi connectivity index (χ0n) is 14.4. The van der Waals surface area contributed by atoms with Crippen molar-refractivity contribution in [3.8, 4) is 11.3 Å². The van der Waals surface area contributed by atoms with E-state index in [0.717, 1.165) is 44.3 Å². The van der Waals surface area contributed by atoms with E-state index < -0.39 is 0 Å². The standard InChI is InChI=1S/C21H18N4S/c1-14(16-6-4-3-5-7-16)12-22-21-11-19(24-15(2)25-21)17-8-9-18-20(10-17)26-13-23-18/h3-11,13H,1,12H2,2H3,(H,22,24,25). The van der Waals surface area contributed by atoms with Crippen molar-refractivity contribution < 1.29 is 0 Å². The molecule has 4 nitrogen and oxygen atoms in total. The van der Waals surface area contributed by atoms with Crippen molar-refractivity contribution in [3.63, 3.8) is 0 Å². The summed E-state index contributed by atoms with van der Waals surface area (Å²) in [7, 11) is 0. The number of hydrogen-bond donors (Lipinski definition) is 1. The first-order chi connectivity index (χ1) is 12.7. The molecule has 0 radical (unpaired) electrons. The third kappa shape index (κ3) is 3.48. The summed E-state index contributed by atoms with van der Waals surface area (Å²) in [4.78, 5) is 13.4. The Kier molecular flexibility index (Phi) is 4.46. The summed E-state index contributed by atoms with van der Waals surface area (Å²) in [6.07, 6.45) is 0. The van der Waals surface area contributed by atoms with Crippen LogP contribution in [-0.4, -0.2) is 21.5 Å². The average Bonchev–Trinajstić information content (AvgIpc) is 3.14. The smallest absolute Gasteiger partial charge is 0.130 e. The van der Waals surface area contributed by atoms with Gasteiger partial charge >= 0.3 is 0 Å². The van der Waals surface area contributed by atoms with Gasteiger partial charge in [0, 0.05) is 18.2 Å². The lowest BCUT2D eigenvalue weighted by Gasteiger charge is -2.11. The van der Waals surface area contributed by atoms with Crippen LogP contribution in [0, 0.1) is 6.92 Å². The highest BCUT2D eigenvalue weighted by atomic mass is 32.1. The number of thiazole rings is 1. The molecule has 5 heteroatoms. The zero-order valence-corrected chi connectivity index (χ0v) is 15.3. The van der Waals surface area contributed by atoms with Crippen LogP contribution in [0.1, 0.15) is 11.4 Å². The molecule has 0 saturated carbocycles. The molecular formula is C21H18N4S. The first-order valence-corrected chi connectivity index (χ1v) is 9.23. The van der Waals surface area contributed by atoms with Crippen molar-refractivity contribution in [3.05, 3.63) is 78.1 Å². The number of rotatable bonds is 5. The summed E-state index contributed by atoms with van der Waals surface area (Å²) in [5, 5.41) is 3.37. The molecule has 0 atom stereocenters. The van der Waals surface area contributed by atoms with Crippen molar-refractivity contribution in [2.45, 2.75) is 6.92 Å². The van der Waals surface area contributed by atoms with Gasteiger partial charge in [0.05, 0.1) is 21.4 Å². The van der Waals surface area contributed by atoms with Gasteiger partial charge in [0.25, 0.3) is 0 Å². The maximum atomic E-state index is 4.59. The second-order valence-electron chi connectivity index (χ2n) is 6.04. The minimum Gasteiger partial charge on any atom is -0.366 e. The molecule has 4 aromatic rings. The fourth-order valence-electron chi connectivity index (χ4n) is 2.79. The van der Waals surface area contributed by atoms with Crippen LogP contribution in [-0.2, 0) is 0 Å². The van der Waals surface area contributed by atoms with E-state index in [0.29, 0.717) is 6.54 Å². The molecular weight excluding hydrogens is 340 g/mol. The van der Waals surface area contributed by atoms with Crippen molar-refractivity contribution >= 4 is 32.9 Å². The van der Waals surface area contributed by atoms with E-state index >= 15 is 0 Å². The van der Waals surface area contributed by atoms with Gasteiger partial charge in [-0.2, -0.15) is 0 Å². The normalized spacial score (nSPS) is 10.8. The number of benzene rings is 2. The second kappa shape index (κ2) is 7.06. The van der Waals surface area contributed by atoms with Crippen LogP contribution in [0.3, 0.4) is 0 Å². The van der Waals surface area contributed by atoms with Crippen molar-refractivity contribution in [2.75, 3.05) is 11.9 Å². The topological polar surface area (TPSA) is 50.7 Å². The molecule has 2 aromatic carbocycles. The lowest BCUT2D eigenvalue weighted by molar-refractivity contribution is 1.05. The predicted molar refractivity (Wildman–Crippen MR) is 109 cm³/mol. The Hall–Kier alpha value is -3.05. The molecule has 4 rings (SSSR count). The summed E-state index contributed by atoms with van der Waals surface area (Å²) in [6.45, 7) is 6.70. The van der Waals surface area contributed by atoms with E-state index in [-0.39, 0.29) is 0 Å². The Balaban J connectivity index is 1.57. The first kappa shape index (κ1) is 16.4. The van der Waals surface area contributed by atoms with Crippen molar-refractivity contribution in [1.29, 1.82) is 0 Å². The first-order valence-electron chi connectivity index (χ1n) is 8.35. The molecule has 1 N–H and O–H groups in total. The van der Waals surface area contributed by atoms with Crippen molar-refractivity contribution in [1.82, 2.24) is 15.0 Å². The summed E-state index contributed by atoms with van der Waals surface area (Å²) in [6, 6.07) is 18.3. The van der Waals surface area contributed by atoms with Gasteiger partial charge in [-0.1, -0.05) is 43.0 Å². The maximum Gasteiger partial charge on any atom is 0.130 e. The number of nitrogens with zero attached hydrogens (tertiary/aromatic N) is 3. The summed E-state index contributed by atoms with van der Waals surface area (Å²) in [5.74, 6) is 1.54. The Morgan fingerprint density at radius 2 is 1.92 bits per heavy atom. The maximum absolute atomic E-state index is 4.59. The van der Waals surface area contributed by atoms with Gasteiger partial charge in [-0.25, -0.2) is 15.0 Å². The number of fused-ring (bicyclic) bond motifs is 1. The molecule has 2 aromatic heterocycles. The van der Waals surface area contributed by atoms with Gasteiger partial charge in [-0.15, -0.1) is 11.3 Å². The minimum absolute atomic E-state index is 0.633. The fourth-order valence-corrected chi connectivity index (χ4v) is 3.51. The van der Waals surface area contributed by atoms with Crippen LogP contribution < -0.4 is 5.32 Å². The van der Waals surface area contributed by atoms with Gasteiger partial charge in [0.15, 0.2) is 0 Å². The van der Waals surface area contributed by atoms with E-state index in [9.17, 15) is 0 Å². The Morgan fingerprint density at radius 1 is 1.08 bits per heavy atom. The Morgan fingerprint density at radius 3 is 2.77 bits per heavy atom. The average molecular weight is 358 g/mol. The van der Waals surface area contributed by atoms with Crippen LogP contribution in [0.5, 0.6) is 0 Å². The van der Waals surface area contributed by atoms with Crippen molar-refractivity contribution in [2.24, 2.45) is 0 Å². The molecule has 0 aliphatic carbocycles. The molecule has 26 heavy (non-hydrogen) atoms. The van der Waals surface area contributed by atoms with Gasteiger partial charge in [-0.05, 0) is 30.2 Å². The molecule has 0 bridgehead atoms. The number of anilines is 1. The molecule has 0 aliphatic rings. The summed E-state index contributed by atoms with van der Waals surface area (Å²) >= 11 is 1.63. The zero-order chi connectivity index (χ0) is 17.9. The van der Waals surface area contributed by atoms with E-state index in [1.807, 2.05) is 42.8 Å². The molecule has 128 valence electrons. The van der Waals surface area contributed by atoms with E-state index in [1.54, 1.807) is 11.3 Å². The molecule has 0 unspecified atom stereocenters. The highest BCUT2D eigenvalue weighted by molar-refractivity contribution is 7.16. The van der Waals surface area contributed by atoms with E-state index in [1.165, 1.54) is 0 Å². The number of nitrogens with one attached hydrogen (secondary N) is 1. The molecule has 0 amide bonds. The molecule has 0 spiro atoms. The SMILES string of the molecule is C=C(CNc1cc(-c2ccc3ncsc3c2)nc(C)n1)c1ccccc1. The predicted octanol–water partition coefficient (Wildman–Crippen LogP) is 5.19. The number of hydrogen-bond acceptors (Lipinski definition) is 5. The Labute approximate surface area is 156 Å². The molecule has 0 aliphatic heterocycles. The highest BCUT2D eigenvalue weighted by Gasteiger charge is 2.07. The molecule has 0 fully saturated rings. The molecule has 0 saturated heterocycles. The van der Waals surface area contributed by atoms with E-state index in [2.05, 4.69) is 51.1 Å². The Bertz CT molecular complexity index is 1070. The van der Waals surface area contributed by atoms with Gasteiger partial charge in [0.2, 0.25) is 0 Å². The summed E-state index contributed by atoms with van der Waals surface area (Å²) in [5.41, 5.74) is 7.00. The molecule has 2 heterocycles. The fraction of sp³-hybridized carbons (Fsp3) is 0.0952. The van der Waals surface area contributed by atoms with Crippen LogP contribution in [0.2, 0.25) is 0 Å². The number of aryl methyl sites for hydroxylation is 1. The third-order valence-corrected chi connectivity index (χ3v) is 4.92. The second-order valence-corrected chi connectivity index (χ2v) is 6.93. The lowest BCUT2D eigenvalue weighted by atomic mass is 10.1. The van der Waals surface area contributed by atoms with Crippen LogP contribution in [0.25, 0.3) is 27.0 Å². The van der Waals surface area contributed by atoms with Crippen LogP contribution >= 0.6 is 11.3 Å². The van der Waals surface area contributed by atoms with Crippen LogP contribution in [0.4, 0.5) is 5.82 Å². The van der Waals surface area contributed by atoms with E-state index in [4.69, 9.17) is 0 Å². The van der Waals surface area contributed by atoms with Crippen LogP contribution in [0.15, 0.2) is 66.7 Å². The quantitative estimate of drug-likeness (QED) is 0.533. The third-order valence-electron chi connectivity index (χ3n) is 4.13. The van der Waals surface area contributed by atoms with Gasteiger partial charge in [-0.3, -0.25) is 0 Å². The monoisotopic (exact) mass is 358 g/mol. The highest BCUT2D eigenvalue weighted by Crippen LogP contribution is 2.26. The summed E-state index contributed by atoms with van der Waals surface area (Å²) < 4.78 is 1.16. The largest absolute Gasteiger partial charge is 0.366 e. The van der Waals surface area contributed by atoms with Gasteiger partial charge < -0.3 is 5.32 Å². The lowest BCUT2D eigenvalue weighted by Crippen LogP contribution is -2.06. The number of aromatic nitrogens is 3. The van der Waals surface area contributed by atoms with Gasteiger partial charge in [0.1, 0.15) is 11.6 Å². The minimum atomic E-state index is 0.633.